The SMILES string of the molecule is CCCCOc1cccc2c1CC(C(=O)O)N2. The summed E-state index contributed by atoms with van der Waals surface area (Å²) in [5.74, 6) is -0.00657. The highest BCUT2D eigenvalue weighted by Crippen LogP contribution is 2.33. The minimum absolute atomic E-state index is 0.493. The molecule has 0 amide bonds. The zero-order valence-electron chi connectivity index (χ0n) is 9.90. The van der Waals surface area contributed by atoms with Crippen LogP contribution < -0.4 is 10.1 Å². The Morgan fingerprint density at radius 3 is 3.12 bits per heavy atom. The molecule has 2 rings (SSSR count). The molecule has 1 atom stereocenters. The fraction of sp³-hybridized carbons (Fsp3) is 0.462. The second kappa shape index (κ2) is 5.08. The molecular weight excluding hydrogens is 218 g/mol. The van der Waals surface area contributed by atoms with Crippen LogP contribution in [0.3, 0.4) is 0 Å². The minimum Gasteiger partial charge on any atom is -0.493 e. The van der Waals surface area contributed by atoms with Crippen LogP contribution in [-0.2, 0) is 11.2 Å². The first-order valence-corrected chi connectivity index (χ1v) is 5.96. The molecule has 0 fully saturated rings. The number of unbranched alkanes of at least 4 members (excludes halogenated alkanes) is 1. The van der Waals surface area contributed by atoms with Gasteiger partial charge in [-0.2, -0.15) is 0 Å². The Hall–Kier alpha value is -1.71. The van der Waals surface area contributed by atoms with Crippen LogP contribution in [0.5, 0.6) is 5.75 Å². The standard InChI is InChI=1S/C13H17NO3/c1-2-3-7-17-12-6-4-5-10-9(12)8-11(14-10)13(15)16/h4-6,11,14H,2-3,7-8H2,1H3,(H,15,16). The second-order valence-corrected chi connectivity index (χ2v) is 4.22. The molecule has 4 heteroatoms. The lowest BCUT2D eigenvalue weighted by Crippen LogP contribution is -2.26. The van der Waals surface area contributed by atoms with Gasteiger partial charge >= 0.3 is 5.97 Å². The van der Waals surface area contributed by atoms with Crippen molar-refractivity contribution in [3.63, 3.8) is 0 Å². The molecule has 92 valence electrons. The summed E-state index contributed by atoms with van der Waals surface area (Å²) < 4.78 is 5.68. The van der Waals surface area contributed by atoms with Gasteiger partial charge in [-0.1, -0.05) is 19.4 Å². The molecule has 0 radical (unpaired) electrons. The number of fused-ring (bicyclic) bond motifs is 1. The number of carbonyl (C=O) groups is 1. The highest BCUT2D eigenvalue weighted by molar-refractivity contribution is 5.82. The highest BCUT2D eigenvalue weighted by atomic mass is 16.5. The number of hydrogen-bond acceptors (Lipinski definition) is 3. The Kier molecular flexibility index (Phi) is 3.52. The van der Waals surface area contributed by atoms with E-state index in [-0.39, 0.29) is 0 Å². The minimum atomic E-state index is -0.819. The van der Waals surface area contributed by atoms with E-state index in [2.05, 4.69) is 12.2 Å². The van der Waals surface area contributed by atoms with Gasteiger partial charge in [0.15, 0.2) is 0 Å². The van der Waals surface area contributed by atoms with E-state index < -0.39 is 12.0 Å². The Morgan fingerprint density at radius 2 is 2.41 bits per heavy atom. The number of carboxylic acid groups (broad SMARTS) is 1. The van der Waals surface area contributed by atoms with Gasteiger partial charge in [0.25, 0.3) is 0 Å². The van der Waals surface area contributed by atoms with Crippen LogP contribution in [0.4, 0.5) is 5.69 Å². The van der Waals surface area contributed by atoms with Crippen LogP contribution in [0.15, 0.2) is 18.2 Å². The predicted octanol–water partition coefficient (Wildman–Crippen LogP) is 2.29. The van der Waals surface area contributed by atoms with Crippen molar-refractivity contribution in [3.8, 4) is 5.75 Å². The topological polar surface area (TPSA) is 58.6 Å². The zero-order chi connectivity index (χ0) is 12.3. The van der Waals surface area contributed by atoms with Crippen molar-refractivity contribution >= 4 is 11.7 Å². The van der Waals surface area contributed by atoms with Crippen molar-refractivity contribution in [2.45, 2.75) is 32.2 Å². The number of ether oxygens (including phenoxy) is 1. The quantitative estimate of drug-likeness (QED) is 0.769. The molecule has 0 saturated heterocycles. The van der Waals surface area contributed by atoms with E-state index in [4.69, 9.17) is 9.84 Å². The van der Waals surface area contributed by atoms with E-state index in [0.717, 1.165) is 29.8 Å². The first kappa shape index (κ1) is 11.8. The Bertz CT molecular complexity index is 417. The molecule has 0 spiro atoms. The van der Waals surface area contributed by atoms with Crippen LogP contribution in [0.2, 0.25) is 0 Å². The number of anilines is 1. The number of carboxylic acids is 1. The lowest BCUT2D eigenvalue weighted by atomic mass is 10.1. The summed E-state index contributed by atoms with van der Waals surface area (Å²) in [5, 5.41) is 12.0. The monoisotopic (exact) mass is 235 g/mol. The van der Waals surface area contributed by atoms with Gasteiger partial charge < -0.3 is 15.2 Å². The molecule has 1 heterocycles. The third kappa shape index (κ3) is 2.52. The first-order valence-electron chi connectivity index (χ1n) is 5.96. The van der Waals surface area contributed by atoms with Crippen LogP contribution in [0.25, 0.3) is 0 Å². The summed E-state index contributed by atoms with van der Waals surface area (Å²) in [5.41, 5.74) is 1.86. The molecule has 1 unspecified atom stereocenters. The number of nitrogens with one attached hydrogen (secondary N) is 1. The summed E-state index contributed by atoms with van der Waals surface area (Å²) in [4.78, 5) is 10.9. The van der Waals surface area contributed by atoms with E-state index in [1.807, 2.05) is 18.2 Å². The molecule has 2 N–H and O–H groups in total. The van der Waals surface area contributed by atoms with Crippen molar-refractivity contribution in [1.82, 2.24) is 0 Å². The van der Waals surface area contributed by atoms with Gasteiger partial charge in [-0.05, 0) is 18.6 Å². The molecule has 4 nitrogen and oxygen atoms in total. The molecule has 1 aliphatic heterocycles. The number of hydrogen-bond donors (Lipinski definition) is 2. The summed E-state index contributed by atoms with van der Waals surface area (Å²) in [6.45, 7) is 2.80. The molecule has 1 aliphatic rings. The normalized spacial score (nSPS) is 17.4. The van der Waals surface area contributed by atoms with Crippen LogP contribution in [0.1, 0.15) is 25.3 Å². The Morgan fingerprint density at radius 1 is 1.59 bits per heavy atom. The van der Waals surface area contributed by atoms with E-state index in [1.54, 1.807) is 0 Å². The highest BCUT2D eigenvalue weighted by Gasteiger charge is 2.28. The van der Waals surface area contributed by atoms with Crippen molar-refractivity contribution in [1.29, 1.82) is 0 Å². The maximum Gasteiger partial charge on any atom is 0.326 e. The van der Waals surface area contributed by atoms with E-state index in [1.165, 1.54) is 0 Å². The molecule has 1 aromatic carbocycles. The van der Waals surface area contributed by atoms with Crippen molar-refractivity contribution in [3.05, 3.63) is 23.8 Å². The summed E-state index contributed by atoms with van der Waals surface area (Å²) in [6, 6.07) is 5.16. The predicted molar refractivity (Wildman–Crippen MR) is 65.6 cm³/mol. The van der Waals surface area contributed by atoms with E-state index in [9.17, 15) is 4.79 Å². The van der Waals surface area contributed by atoms with Crippen LogP contribution in [-0.4, -0.2) is 23.7 Å². The van der Waals surface area contributed by atoms with Crippen LogP contribution in [0, 0.1) is 0 Å². The molecule has 0 bridgehead atoms. The lowest BCUT2D eigenvalue weighted by Gasteiger charge is -2.09. The average Bonchev–Trinajstić information content (AvgIpc) is 2.74. The lowest BCUT2D eigenvalue weighted by molar-refractivity contribution is -0.137. The summed E-state index contributed by atoms with van der Waals surface area (Å²) >= 11 is 0. The van der Waals surface area contributed by atoms with Gasteiger partial charge in [0.05, 0.1) is 6.61 Å². The van der Waals surface area contributed by atoms with Gasteiger partial charge in [0, 0.05) is 17.7 Å². The largest absolute Gasteiger partial charge is 0.493 e. The molecule has 17 heavy (non-hydrogen) atoms. The maximum atomic E-state index is 10.9. The third-order valence-electron chi connectivity index (χ3n) is 2.92. The number of rotatable bonds is 5. The molecule has 0 saturated carbocycles. The number of benzene rings is 1. The first-order chi connectivity index (χ1) is 8.22. The van der Waals surface area contributed by atoms with E-state index >= 15 is 0 Å². The van der Waals surface area contributed by atoms with Gasteiger partial charge in [0.2, 0.25) is 0 Å². The average molecular weight is 235 g/mol. The summed E-state index contributed by atoms with van der Waals surface area (Å²) in [6.07, 6.45) is 2.59. The fourth-order valence-electron chi connectivity index (χ4n) is 1.97. The fourth-order valence-corrected chi connectivity index (χ4v) is 1.97. The van der Waals surface area contributed by atoms with Crippen molar-refractivity contribution in [2.75, 3.05) is 11.9 Å². The molecule has 1 aromatic rings. The molecule has 0 aliphatic carbocycles. The van der Waals surface area contributed by atoms with Gasteiger partial charge in [0.1, 0.15) is 11.8 Å². The zero-order valence-corrected chi connectivity index (χ0v) is 9.90. The van der Waals surface area contributed by atoms with Crippen molar-refractivity contribution in [2.24, 2.45) is 0 Å². The van der Waals surface area contributed by atoms with Gasteiger partial charge in [-0.15, -0.1) is 0 Å². The Labute approximate surface area is 101 Å². The molecular formula is C13H17NO3. The summed E-state index contributed by atoms with van der Waals surface area (Å²) in [7, 11) is 0. The second-order valence-electron chi connectivity index (χ2n) is 4.22. The third-order valence-corrected chi connectivity index (χ3v) is 2.92. The van der Waals surface area contributed by atoms with E-state index in [0.29, 0.717) is 13.0 Å². The van der Waals surface area contributed by atoms with Gasteiger partial charge in [-0.3, -0.25) is 0 Å². The van der Waals surface area contributed by atoms with Gasteiger partial charge in [-0.25, -0.2) is 4.79 Å². The molecule has 0 aromatic heterocycles. The maximum absolute atomic E-state index is 10.9. The Balaban J connectivity index is 2.11. The van der Waals surface area contributed by atoms with Crippen molar-refractivity contribution < 1.29 is 14.6 Å². The number of aliphatic carboxylic acids is 1. The van der Waals surface area contributed by atoms with Crippen LogP contribution >= 0.6 is 0 Å². The smallest absolute Gasteiger partial charge is 0.326 e.